The Bertz CT molecular complexity index is 260. The van der Waals surface area contributed by atoms with E-state index in [0.29, 0.717) is 5.92 Å². The predicted molar refractivity (Wildman–Crippen MR) is 53.8 cm³/mol. The fourth-order valence-electron chi connectivity index (χ4n) is 1.71. The fourth-order valence-corrected chi connectivity index (χ4v) is 1.71. The molecule has 0 fully saturated rings. The van der Waals surface area contributed by atoms with Crippen molar-refractivity contribution in [3.05, 3.63) is 35.4 Å². The quantitative estimate of drug-likeness (QED) is 0.651. The van der Waals surface area contributed by atoms with E-state index < -0.39 is 0 Å². The standard InChI is InChI=1S/C10H13N.ClH/c1-8-6-11-7-9-4-2-3-5-10(8)9;/h2-5,8,11H,6-7H2,1H3;1H/t8-;/m1./s1. The number of fused-ring (bicyclic) bond motifs is 1. The molecule has 1 aliphatic rings. The van der Waals surface area contributed by atoms with Crippen LogP contribution >= 0.6 is 12.4 Å². The molecule has 12 heavy (non-hydrogen) atoms. The van der Waals surface area contributed by atoms with Crippen molar-refractivity contribution in [2.75, 3.05) is 6.54 Å². The molecule has 0 amide bonds. The van der Waals surface area contributed by atoms with Gasteiger partial charge in [-0.3, -0.25) is 0 Å². The normalized spacial score (nSPS) is 20.9. The van der Waals surface area contributed by atoms with E-state index in [1.165, 1.54) is 11.1 Å². The minimum absolute atomic E-state index is 0. The first kappa shape index (κ1) is 9.56. The van der Waals surface area contributed by atoms with Crippen LogP contribution in [0.4, 0.5) is 0 Å². The van der Waals surface area contributed by atoms with Gasteiger partial charge in [0.2, 0.25) is 0 Å². The Balaban J connectivity index is 0.000000720. The van der Waals surface area contributed by atoms with Crippen LogP contribution in [-0.2, 0) is 6.54 Å². The van der Waals surface area contributed by atoms with Crippen molar-refractivity contribution in [2.24, 2.45) is 0 Å². The van der Waals surface area contributed by atoms with Crippen molar-refractivity contribution in [3.63, 3.8) is 0 Å². The van der Waals surface area contributed by atoms with Crippen LogP contribution in [-0.4, -0.2) is 6.54 Å². The van der Waals surface area contributed by atoms with Gasteiger partial charge in [-0.25, -0.2) is 0 Å². The second-order valence-electron chi connectivity index (χ2n) is 3.23. The number of halogens is 1. The van der Waals surface area contributed by atoms with Crippen LogP contribution < -0.4 is 5.32 Å². The first-order chi connectivity index (χ1) is 5.38. The molecule has 0 bridgehead atoms. The molecule has 1 atom stereocenters. The molecular formula is C10H14ClN. The summed E-state index contributed by atoms with van der Waals surface area (Å²) in [6.07, 6.45) is 0. The molecule has 1 aromatic rings. The van der Waals surface area contributed by atoms with Gasteiger partial charge in [-0.2, -0.15) is 0 Å². The van der Waals surface area contributed by atoms with E-state index in [4.69, 9.17) is 0 Å². The van der Waals surface area contributed by atoms with E-state index in [-0.39, 0.29) is 12.4 Å². The Hall–Kier alpha value is -0.530. The van der Waals surface area contributed by atoms with Crippen LogP contribution in [0.5, 0.6) is 0 Å². The SMILES string of the molecule is C[C@@H]1CNCc2ccccc21.Cl. The summed E-state index contributed by atoms with van der Waals surface area (Å²) >= 11 is 0. The molecule has 2 heteroatoms. The molecule has 0 radical (unpaired) electrons. The Morgan fingerprint density at radius 3 is 2.83 bits per heavy atom. The van der Waals surface area contributed by atoms with Gasteiger partial charge in [0.25, 0.3) is 0 Å². The molecule has 1 nitrogen and oxygen atoms in total. The van der Waals surface area contributed by atoms with Crippen LogP contribution in [0.15, 0.2) is 24.3 Å². The van der Waals surface area contributed by atoms with Crippen molar-refractivity contribution in [1.82, 2.24) is 5.32 Å². The Morgan fingerprint density at radius 1 is 1.33 bits per heavy atom. The van der Waals surface area contributed by atoms with Gasteiger partial charge >= 0.3 is 0 Å². The molecular weight excluding hydrogens is 170 g/mol. The highest BCUT2D eigenvalue weighted by Gasteiger charge is 2.13. The maximum atomic E-state index is 3.39. The zero-order chi connectivity index (χ0) is 7.68. The lowest BCUT2D eigenvalue weighted by molar-refractivity contribution is 0.571. The molecule has 1 N–H and O–H groups in total. The molecule has 1 heterocycles. The van der Waals surface area contributed by atoms with E-state index in [1.807, 2.05) is 0 Å². The Morgan fingerprint density at radius 2 is 2.08 bits per heavy atom. The van der Waals surface area contributed by atoms with Crippen molar-refractivity contribution in [3.8, 4) is 0 Å². The minimum atomic E-state index is 0. The van der Waals surface area contributed by atoms with Crippen molar-refractivity contribution in [1.29, 1.82) is 0 Å². The van der Waals surface area contributed by atoms with Gasteiger partial charge in [0.05, 0.1) is 0 Å². The zero-order valence-electron chi connectivity index (χ0n) is 7.21. The molecule has 0 aromatic heterocycles. The second kappa shape index (κ2) is 3.92. The fraction of sp³-hybridized carbons (Fsp3) is 0.400. The van der Waals surface area contributed by atoms with Gasteiger partial charge in [0.1, 0.15) is 0 Å². The lowest BCUT2D eigenvalue weighted by atomic mass is 9.93. The first-order valence-electron chi connectivity index (χ1n) is 4.16. The number of nitrogens with one attached hydrogen (secondary N) is 1. The summed E-state index contributed by atoms with van der Waals surface area (Å²) in [5.41, 5.74) is 2.98. The van der Waals surface area contributed by atoms with E-state index in [9.17, 15) is 0 Å². The van der Waals surface area contributed by atoms with E-state index >= 15 is 0 Å². The third-order valence-electron chi connectivity index (χ3n) is 2.35. The predicted octanol–water partition coefficient (Wildman–Crippen LogP) is 2.32. The summed E-state index contributed by atoms with van der Waals surface area (Å²) in [4.78, 5) is 0. The maximum Gasteiger partial charge on any atom is 0.0208 e. The third-order valence-corrected chi connectivity index (χ3v) is 2.35. The van der Waals surface area contributed by atoms with Crippen molar-refractivity contribution in [2.45, 2.75) is 19.4 Å². The highest BCUT2D eigenvalue weighted by Crippen LogP contribution is 2.22. The molecule has 0 unspecified atom stereocenters. The largest absolute Gasteiger partial charge is 0.312 e. The maximum absolute atomic E-state index is 3.39. The monoisotopic (exact) mass is 183 g/mol. The molecule has 1 aliphatic heterocycles. The molecule has 0 saturated carbocycles. The summed E-state index contributed by atoms with van der Waals surface area (Å²) in [5, 5.41) is 3.39. The summed E-state index contributed by atoms with van der Waals surface area (Å²) in [6, 6.07) is 8.68. The minimum Gasteiger partial charge on any atom is -0.312 e. The summed E-state index contributed by atoms with van der Waals surface area (Å²) < 4.78 is 0. The van der Waals surface area contributed by atoms with Crippen LogP contribution in [0.1, 0.15) is 24.0 Å². The number of hydrogen-bond donors (Lipinski definition) is 1. The molecule has 0 spiro atoms. The van der Waals surface area contributed by atoms with Crippen LogP contribution in [0, 0.1) is 0 Å². The molecule has 0 aliphatic carbocycles. The molecule has 66 valence electrons. The molecule has 1 aromatic carbocycles. The summed E-state index contributed by atoms with van der Waals surface area (Å²) in [7, 11) is 0. The van der Waals surface area contributed by atoms with Gasteiger partial charge in [0, 0.05) is 13.1 Å². The van der Waals surface area contributed by atoms with Crippen LogP contribution in [0.2, 0.25) is 0 Å². The average Bonchev–Trinajstić information content (AvgIpc) is 2.06. The van der Waals surface area contributed by atoms with Crippen LogP contribution in [0.25, 0.3) is 0 Å². The number of benzene rings is 1. The number of hydrogen-bond acceptors (Lipinski definition) is 1. The van der Waals surface area contributed by atoms with Gasteiger partial charge in [-0.05, 0) is 17.0 Å². The Labute approximate surface area is 79.6 Å². The summed E-state index contributed by atoms with van der Waals surface area (Å²) in [5.74, 6) is 0.681. The van der Waals surface area contributed by atoms with E-state index in [0.717, 1.165) is 13.1 Å². The molecule has 2 rings (SSSR count). The smallest absolute Gasteiger partial charge is 0.0208 e. The zero-order valence-corrected chi connectivity index (χ0v) is 8.03. The van der Waals surface area contributed by atoms with Crippen molar-refractivity contribution < 1.29 is 0 Å². The average molecular weight is 184 g/mol. The summed E-state index contributed by atoms with van der Waals surface area (Å²) in [6.45, 7) is 4.43. The van der Waals surface area contributed by atoms with Crippen LogP contribution in [0.3, 0.4) is 0 Å². The van der Waals surface area contributed by atoms with Gasteiger partial charge in [-0.15, -0.1) is 12.4 Å². The lowest BCUT2D eigenvalue weighted by Gasteiger charge is -2.22. The topological polar surface area (TPSA) is 12.0 Å². The van der Waals surface area contributed by atoms with Gasteiger partial charge in [0.15, 0.2) is 0 Å². The van der Waals surface area contributed by atoms with Gasteiger partial charge in [-0.1, -0.05) is 31.2 Å². The lowest BCUT2D eigenvalue weighted by Crippen LogP contribution is -2.26. The van der Waals surface area contributed by atoms with Crippen molar-refractivity contribution >= 4 is 12.4 Å². The highest BCUT2D eigenvalue weighted by molar-refractivity contribution is 5.85. The van der Waals surface area contributed by atoms with E-state index in [1.54, 1.807) is 0 Å². The molecule has 0 saturated heterocycles. The Kier molecular flexibility index (Phi) is 3.12. The highest BCUT2D eigenvalue weighted by atomic mass is 35.5. The van der Waals surface area contributed by atoms with Gasteiger partial charge < -0.3 is 5.32 Å². The van der Waals surface area contributed by atoms with E-state index in [2.05, 4.69) is 36.5 Å². The first-order valence-corrected chi connectivity index (χ1v) is 4.16. The third kappa shape index (κ3) is 1.62. The number of rotatable bonds is 0. The second-order valence-corrected chi connectivity index (χ2v) is 3.23.